The van der Waals surface area contributed by atoms with Crippen LogP contribution in [0.1, 0.15) is 66.5 Å². The molecule has 1 aromatic carbocycles. The predicted molar refractivity (Wildman–Crippen MR) is 127 cm³/mol. The van der Waals surface area contributed by atoms with E-state index in [1.54, 1.807) is 6.21 Å². The number of benzene rings is 1. The topological polar surface area (TPSA) is 78.7 Å². The summed E-state index contributed by atoms with van der Waals surface area (Å²) in [5.74, 6) is 0. The van der Waals surface area contributed by atoms with Crippen molar-refractivity contribution in [2.24, 2.45) is 5.16 Å². The molecule has 1 aromatic rings. The van der Waals surface area contributed by atoms with Gasteiger partial charge in [-0.2, -0.15) is 0 Å². The average molecular weight is 443 g/mol. The van der Waals surface area contributed by atoms with Crippen molar-refractivity contribution in [1.29, 1.82) is 0 Å². The first-order chi connectivity index (χ1) is 14.8. The van der Waals surface area contributed by atoms with E-state index in [4.69, 9.17) is 23.5 Å². The summed E-state index contributed by atoms with van der Waals surface area (Å²) in [5, 5.41) is 14.5. The molecular weight excluding hydrogens is 408 g/mol. The van der Waals surface area contributed by atoms with Crippen LogP contribution in [0.4, 0.5) is 0 Å². The van der Waals surface area contributed by atoms with Gasteiger partial charge in [0.05, 0.1) is 35.2 Å². The van der Waals surface area contributed by atoms with Crippen molar-refractivity contribution in [2.45, 2.75) is 77.8 Å². The molecule has 2 saturated heterocycles. The zero-order valence-corrected chi connectivity index (χ0v) is 20.7. The molecule has 2 fully saturated rings. The van der Waals surface area contributed by atoms with E-state index < -0.39 is 36.6 Å². The molecule has 2 heterocycles. The number of aliphatic hydroxyl groups excluding tert-OH is 1. The zero-order valence-electron chi connectivity index (χ0n) is 20.7. The van der Waals surface area contributed by atoms with Crippen molar-refractivity contribution in [3.05, 3.63) is 40.9 Å². The average Bonchev–Trinajstić information content (AvgIpc) is 3.03. The lowest BCUT2D eigenvalue weighted by molar-refractivity contribution is 0.00578. The van der Waals surface area contributed by atoms with Gasteiger partial charge in [-0.1, -0.05) is 29.4 Å². The van der Waals surface area contributed by atoms with Gasteiger partial charge in [0.2, 0.25) is 0 Å². The predicted octanol–water partition coefficient (Wildman–Crippen LogP) is 3.68. The molecule has 0 amide bonds. The highest BCUT2D eigenvalue weighted by Gasteiger charge is 2.57. The van der Waals surface area contributed by atoms with E-state index in [1.165, 1.54) is 7.11 Å². The number of hydrogen-bond acceptors (Lipinski definition) is 7. The Morgan fingerprint density at radius 2 is 1.34 bits per heavy atom. The van der Waals surface area contributed by atoms with Crippen LogP contribution < -0.4 is 0 Å². The Labute approximate surface area is 192 Å². The maximum absolute atomic E-state index is 10.6. The van der Waals surface area contributed by atoms with Crippen LogP contribution >= 0.6 is 0 Å². The number of aliphatic hydroxyl groups is 1. The van der Waals surface area contributed by atoms with Gasteiger partial charge in [0.25, 0.3) is 0 Å². The van der Waals surface area contributed by atoms with Crippen LogP contribution in [0, 0.1) is 0 Å². The van der Waals surface area contributed by atoms with E-state index >= 15 is 0 Å². The molecule has 0 bridgehead atoms. The molecule has 0 radical (unpaired) electrons. The van der Waals surface area contributed by atoms with Crippen molar-refractivity contribution >= 4 is 25.9 Å². The number of oxime groups is 1. The smallest absolute Gasteiger partial charge is 0.400 e. The highest BCUT2D eigenvalue weighted by Crippen LogP contribution is 2.44. The van der Waals surface area contributed by atoms with Gasteiger partial charge in [-0.15, -0.1) is 0 Å². The van der Waals surface area contributed by atoms with E-state index in [1.807, 2.05) is 79.7 Å². The maximum Gasteiger partial charge on any atom is 0.494 e. The second-order valence-corrected chi connectivity index (χ2v) is 10.3. The minimum atomic E-state index is -0.758. The number of rotatable bonds is 6. The summed E-state index contributed by atoms with van der Waals surface area (Å²) in [4.78, 5) is 4.91. The molecule has 9 heteroatoms. The lowest BCUT2D eigenvalue weighted by Gasteiger charge is -2.32. The summed E-state index contributed by atoms with van der Waals surface area (Å²) in [5.41, 5.74) is 0.575. The molecule has 1 N–H and O–H groups in total. The second-order valence-electron chi connectivity index (χ2n) is 10.3. The highest BCUT2D eigenvalue weighted by molar-refractivity contribution is 6.74. The molecule has 174 valence electrons. The minimum Gasteiger partial charge on any atom is -0.400 e. The molecule has 0 aromatic heterocycles. The van der Waals surface area contributed by atoms with Crippen LogP contribution in [0.15, 0.2) is 34.9 Å². The van der Waals surface area contributed by atoms with Crippen LogP contribution in [0.2, 0.25) is 0 Å². The lowest BCUT2D eigenvalue weighted by atomic mass is 9.62. The Morgan fingerprint density at radius 1 is 0.875 bits per heavy atom. The Hall–Kier alpha value is -1.64. The van der Waals surface area contributed by atoms with Gasteiger partial charge in [0, 0.05) is 5.56 Å². The Morgan fingerprint density at radius 3 is 1.81 bits per heavy atom. The van der Waals surface area contributed by atoms with Gasteiger partial charge in [0.15, 0.2) is 0 Å². The summed E-state index contributed by atoms with van der Waals surface area (Å²) < 4.78 is 25.4. The van der Waals surface area contributed by atoms with E-state index in [2.05, 4.69) is 5.16 Å². The summed E-state index contributed by atoms with van der Waals surface area (Å²) in [6.07, 6.45) is 1.62. The third kappa shape index (κ3) is 4.41. The fraction of sp³-hybridized carbons (Fsp3) is 0.609. The first kappa shape index (κ1) is 25.0. The molecule has 2 aliphatic rings. The zero-order chi connectivity index (χ0) is 23.9. The molecule has 2 aliphatic heterocycles. The molecule has 0 saturated carbocycles. The van der Waals surface area contributed by atoms with Crippen LogP contribution in [-0.2, 0) is 23.5 Å². The van der Waals surface area contributed by atoms with Crippen LogP contribution in [0.5, 0.6) is 0 Å². The third-order valence-corrected chi connectivity index (χ3v) is 7.09. The van der Waals surface area contributed by atoms with E-state index in [9.17, 15) is 5.11 Å². The second kappa shape index (κ2) is 8.61. The molecule has 0 spiro atoms. The standard InChI is InChI=1S/C23H35B2NO6/c1-20(2)21(3,4)30-24(29-20)18(15-27)19(25-31-22(5,6)23(7,8)32-25)17-13-11-10-12-16(17)14-26-28-9/h10-14,27H,15H2,1-9H3/b19-18-,26-14+. The fourth-order valence-corrected chi connectivity index (χ4v) is 3.65. The van der Waals surface area contributed by atoms with Crippen molar-refractivity contribution in [3.8, 4) is 0 Å². The first-order valence-corrected chi connectivity index (χ1v) is 11.0. The quantitative estimate of drug-likeness (QED) is 0.411. The maximum atomic E-state index is 10.6. The summed E-state index contributed by atoms with van der Waals surface area (Å²) >= 11 is 0. The largest absolute Gasteiger partial charge is 0.494 e. The number of hydrogen-bond donors (Lipinski definition) is 1. The first-order valence-electron chi connectivity index (χ1n) is 11.0. The lowest BCUT2D eigenvalue weighted by Crippen LogP contribution is -2.41. The van der Waals surface area contributed by atoms with Crippen molar-refractivity contribution < 1.29 is 28.6 Å². The van der Waals surface area contributed by atoms with Crippen LogP contribution in [-0.4, -0.2) is 61.7 Å². The summed E-state index contributed by atoms with van der Waals surface area (Å²) in [7, 11) is -0.00196. The van der Waals surface area contributed by atoms with E-state index in [0.717, 1.165) is 11.1 Å². The van der Waals surface area contributed by atoms with Crippen molar-refractivity contribution in [1.82, 2.24) is 0 Å². The highest BCUT2D eigenvalue weighted by atomic mass is 16.7. The Kier molecular flexibility index (Phi) is 6.73. The monoisotopic (exact) mass is 443 g/mol. The van der Waals surface area contributed by atoms with Gasteiger partial charge in [-0.05, 0) is 71.9 Å². The minimum absolute atomic E-state index is 0.286. The molecule has 0 aliphatic carbocycles. The normalized spacial score (nSPS) is 24.2. The summed E-state index contributed by atoms with van der Waals surface area (Å²) in [6, 6.07) is 7.69. The molecule has 32 heavy (non-hydrogen) atoms. The van der Waals surface area contributed by atoms with Gasteiger partial charge in [0.1, 0.15) is 7.11 Å². The summed E-state index contributed by atoms with van der Waals surface area (Å²) in [6.45, 7) is 15.6. The number of nitrogens with zero attached hydrogens (tertiary/aromatic N) is 1. The Bertz CT molecular complexity index is 878. The molecule has 0 atom stereocenters. The van der Waals surface area contributed by atoms with E-state index in [-0.39, 0.29) is 6.61 Å². The van der Waals surface area contributed by atoms with Gasteiger partial charge >= 0.3 is 14.2 Å². The molecular formula is C23H35B2NO6. The molecule has 0 unspecified atom stereocenters. The van der Waals surface area contributed by atoms with Gasteiger partial charge < -0.3 is 28.6 Å². The van der Waals surface area contributed by atoms with Crippen molar-refractivity contribution in [2.75, 3.05) is 13.7 Å². The third-order valence-electron chi connectivity index (χ3n) is 7.09. The van der Waals surface area contributed by atoms with Gasteiger partial charge in [-0.3, -0.25) is 0 Å². The van der Waals surface area contributed by atoms with Gasteiger partial charge in [-0.25, -0.2) is 0 Å². The van der Waals surface area contributed by atoms with Crippen LogP contribution in [0.25, 0.3) is 5.47 Å². The Balaban J connectivity index is 2.21. The SMILES string of the molecule is CO/N=C/c1ccccc1/C(B1OC(C)(C)C(C)(C)O1)=C(\CO)B1OC(C)(C)C(C)(C)O1. The van der Waals surface area contributed by atoms with E-state index in [0.29, 0.717) is 10.9 Å². The van der Waals surface area contributed by atoms with Crippen molar-refractivity contribution in [3.63, 3.8) is 0 Å². The fourth-order valence-electron chi connectivity index (χ4n) is 3.65. The van der Waals surface area contributed by atoms with Crippen LogP contribution in [0.3, 0.4) is 0 Å². The molecule has 7 nitrogen and oxygen atoms in total. The molecule has 3 rings (SSSR count).